The molecule has 19 heavy (non-hydrogen) atoms. The van der Waals surface area contributed by atoms with Crippen LogP contribution in [0.5, 0.6) is 0 Å². The molecule has 0 fully saturated rings. The highest BCUT2D eigenvalue weighted by atomic mass is 19.4. The summed E-state index contributed by atoms with van der Waals surface area (Å²) in [4.78, 5) is 11.1. The minimum Gasteiger partial charge on any atom is -0.461 e. The fourth-order valence-corrected chi connectivity index (χ4v) is 1.50. The maximum Gasteiger partial charge on any atom is 0.416 e. The third kappa shape index (κ3) is 3.21. The van der Waals surface area contributed by atoms with Crippen molar-refractivity contribution in [3.63, 3.8) is 0 Å². The molecule has 0 N–H and O–H groups in total. The van der Waals surface area contributed by atoms with Gasteiger partial charge in [0.15, 0.2) is 0 Å². The van der Waals surface area contributed by atoms with Crippen molar-refractivity contribution < 1.29 is 31.5 Å². The molecule has 0 heterocycles. The van der Waals surface area contributed by atoms with Gasteiger partial charge in [-0.3, -0.25) is 0 Å². The van der Waals surface area contributed by atoms with Gasteiger partial charge in [0.05, 0.1) is 12.2 Å². The van der Waals surface area contributed by atoms with Crippen LogP contribution in [-0.4, -0.2) is 12.6 Å². The van der Waals surface area contributed by atoms with Crippen molar-refractivity contribution in [1.29, 1.82) is 0 Å². The van der Waals surface area contributed by atoms with Crippen LogP contribution in [0.1, 0.15) is 23.6 Å². The highest BCUT2D eigenvalue weighted by Gasteiger charge is 2.48. The Morgan fingerprint density at radius 3 is 2.21 bits per heavy atom. The van der Waals surface area contributed by atoms with E-state index in [2.05, 4.69) is 4.74 Å². The van der Waals surface area contributed by atoms with Gasteiger partial charge < -0.3 is 4.74 Å². The van der Waals surface area contributed by atoms with Crippen molar-refractivity contribution in [3.05, 3.63) is 34.9 Å². The lowest BCUT2D eigenvalue weighted by Crippen LogP contribution is -2.31. The number of carbonyl (C=O) groups is 1. The predicted molar refractivity (Wildman–Crippen MR) is 56.7 cm³/mol. The Labute approximate surface area is 106 Å². The Kier molecular flexibility index (Phi) is 4.17. The van der Waals surface area contributed by atoms with E-state index in [0.29, 0.717) is 12.1 Å². The molecule has 0 radical (unpaired) electrons. The molecule has 1 aromatic carbocycles. The van der Waals surface area contributed by atoms with E-state index in [1.54, 1.807) is 0 Å². The number of benzene rings is 1. The molecule has 1 rings (SSSR count). The first-order valence-electron chi connectivity index (χ1n) is 5.34. The zero-order chi connectivity index (χ0) is 14.8. The standard InChI is InChI=1S/C12H11F5O2/c1-3-19-10(18)11(13,14)8-5-4-7(2)6-9(8)12(15,16)17/h4-6H,3H2,1-2H3. The van der Waals surface area contributed by atoms with Crippen LogP contribution < -0.4 is 0 Å². The van der Waals surface area contributed by atoms with E-state index in [0.717, 1.165) is 6.07 Å². The molecular weight excluding hydrogens is 271 g/mol. The molecule has 0 spiro atoms. The van der Waals surface area contributed by atoms with Crippen molar-refractivity contribution in [2.45, 2.75) is 25.9 Å². The summed E-state index contributed by atoms with van der Waals surface area (Å²) in [5.41, 5.74) is -2.77. The third-order valence-electron chi connectivity index (χ3n) is 2.35. The van der Waals surface area contributed by atoms with Gasteiger partial charge in [-0.1, -0.05) is 17.7 Å². The molecule has 0 aliphatic rings. The average molecular weight is 282 g/mol. The minimum absolute atomic E-state index is 0.163. The van der Waals surface area contributed by atoms with Crippen LogP contribution in [0.15, 0.2) is 18.2 Å². The molecule has 0 bridgehead atoms. The Morgan fingerprint density at radius 1 is 1.16 bits per heavy atom. The first-order chi connectivity index (χ1) is 8.60. The van der Waals surface area contributed by atoms with Crippen LogP contribution in [0.3, 0.4) is 0 Å². The lowest BCUT2D eigenvalue weighted by atomic mass is 9.99. The molecular formula is C12H11F5O2. The van der Waals surface area contributed by atoms with Gasteiger partial charge in [-0.15, -0.1) is 0 Å². The van der Waals surface area contributed by atoms with Gasteiger partial charge in [0, 0.05) is 5.56 Å². The topological polar surface area (TPSA) is 26.3 Å². The largest absolute Gasteiger partial charge is 0.461 e. The Hall–Kier alpha value is -1.66. The van der Waals surface area contributed by atoms with E-state index in [4.69, 9.17) is 0 Å². The van der Waals surface area contributed by atoms with E-state index >= 15 is 0 Å². The molecule has 0 aromatic heterocycles. The molecule has 106 valence electrons. The molecule has 0 saturated carbocycles. The number of ether oxygens (including phenoxy) is 1. The van der Waals surface area contributed by atoms with Crippen LogP contribution >= 0.6 is 0 Å². The van der Waals surface area contributed by atoms with Crippen molar-refractivity contribution in [3.8, 4) is 0 Å². The van der Waals surface area contributed by atoms with Gasteiger partial charge >= 0.3 is 18.1 Å². The summed E-state index contributed by atoms with van der Waals surface area (Å²) in [6.45, 7) is 2.27. The second-order valence-electron chi connectivity index (χ2n) is 3.84. The second kappa shape index (κ2) is 5.14. The molecule has 0 aliphatic carbocycles. The Morgan fingerprint density at radius 2 is 1.74 bits per heavy atom. The minimum atomic E-state index is -4.97. The second-order valence-corrected chi connectivity index (χ2v) is 3.84. The van der Waals surface area contributed by atoms with Gasteiger partial charge in [0.25, 0.3) is 0 Å². The van der Waals surface area contributed by atoms with Crippen molar-refractivity contribution in [2.75, 3.05) is 6.61 Å². The lowest BCUT2D eigenvalue weighted by molar-refractivity contribution is -0.175. The van der Waals surface area contributed by atoms with Gasteiger partial charge in [0.2, 0.25) is 0 Å². The summed E-state index contributed by atoms with van der Waals surface area (Å²) in [6, 6.07) is 2.25. The first kappa shape index (κ1) is 15.4. The maximum absolute atomic E-state index is 13.7. The van der Waals surface area contributed by atoms with Crippen LogP contribution in [0.2, 0.25) is 0 Å². The first-order valence-corrected chi connectivity index (χ1v) is 5.34. The van der Waals surface area contributed by atoms with Crippen LogP contribution in [-0.2, 0) is 21.6 Å². The number of halogens is 5. The van der Waals surface area contributed by atoms with Gasteiger partial charge in [-0.2, -0.15) is 22.0 Å². The summed E-state index contributed by atoms with van der Waals surface area (Å²) >= 11 is 0. The van der Waals surface area contributed by atoms with E-state index < -0.39 is 29.2 Å². The molecule has 1 aromatic rings. The highest BCUT2D eigenvalue weighted by Crippen LogP contribution is 2.40. The number of carbonyl (C=O) groups excluding carboxylic acids is 1. The zero-order valence-corrected chi connectivity index (χ0v) is 10.1. The van der Waals surface area contributed by atoms with E-state index in [1.165, 1.54) is 13.8 Å². The molecule has 0 amide bonds. The smallest absolute Gasteiger partial charge is 0.416 e. The van der Waals surface area contributed by atoms with Crippen molar-refractivity contribution in [1.82, 2.24) is 0 Å². The van der Waals surface area contributed by atoms with E-state index in [1.807, 2.05) is 0 Å². The highest BCUT2D eigenvalue weighted by molar-refractivity contribution is 5.80. The van der Waals surface area contributed by atoms with Crippen LogP contribution in [0.4, 0.5) is 22.0 Å². The number of aryl methyl sites for hydroxylation is 1. The van der Waals surface area contributed by atoms with Crippen LogP contribution in [0.25, 0.3) is 0 Å². The summed E-state index contributed by atoms with van der Waals surface area (Å²) in [5.74, 6) is -6.33. The number of rotatable bonds is 3. The number of hydrogen-bond donors (Lipinski definition) is 0. The molecule has 0 saturated heterocycles. The molecule has 0 unspecified atom stereocenters. The molecule has 2 nitrogen and oxygen atoms in total. The van der Waals surface area contributed by atoms with Gasteiger partial charge in [-0.25, -0.2) is 4.79 Å². The quantitative estimate of drug-likeness (QED) is 0.624. The summed E-state index contributed by atoms with van der Waals surface area (Å²) < 4.78 is 69.6. The predicted octanol–water partition coefficient (Wildman–Crippen LogP) is 3.67. The fourth-order valence-electron chi connectivity index (χ4n) is 1.50. The van der Waals surface area contributed by atoms with E-state index in [9.17, 15) is 26.7 Å². The Bertz CT molecular complexity index is 479. The maximum atomic E-state index is 13.7. The zero-order valence-electron chi connectivity index (χ0n) is 10.1. The Balaban J connectivity index is 3.38. The summed E-state index contributed by atoms with van der Waals surface area (Å²) in [7, 11) is 0. The molecule has 7 heteroatoms. The SMILES string of the molecule is CCOC(=O)C(F)(F)c1ccc(C)cc1C(F)(F)F. The lowest BCUT2D eigenvalue weighted by Gasteiger charge is -2.20. The van der Waals surface area contributed by atoms with Crippen molar-refractivity contribution in [2.24, 2.45) is 0 Å². The number of alkyl halides is 5. The molecule has 0 aliphatic heterocycles. The summed E-state index contributed by atoms with van der Waals surface area (Å²) in [5, 5.41) is 0. The molecule has 0 atom stereocenters. The fraction of sp³-hybridized carbons (Fsp3) is 0.417. The number of esters is 1. The van der Waals surface area contributed by atoms with Gasteiger partial charge in [-0.05, 0) is 19.9 Å². The average Bonchev–Trinajstić information content (AvgIpc) is 2.27. The van der Waals surface area contributed by atoms with Gasteiger partial charge in [0.1, 0.15) is 0 Å². The van der Waals surface area contributed by atoms with Crippen molar-refractivity contribution >= 4 is 5.97 Å². The normalized spacial score (nSPS) is 12.4. The monoisotopic (exact) mass is 282 g/mol. The van der Waals surface area contributed by atoms with E-state index in [-0.39, 0.29) is 12.2 Å². The number of hydrogen-bond acceptors (Lipinski definition) is 2. The summed E-state index contributed by atoms with van der Waals surface area (Å²) in [6.07, 6.45) is -4.97. The third-order valence-corrected chi connectivity index (χ3v) is 2.35. The van der Waals surface area contributed by atoms with Crippen LogP contribution in [0, 0.1) is 6.92 Å².